The molecule has 0 saturated carbocycles. The summed E-state index contributed by atoms with van der Waals surface area (Å²) in [6, 6.07) is -0.733. The Labute approximate surface area is 148 Å². The number of ether oxygens (including phenoxy) is 1. The van der Waals surface area contributed by atoms with Gasteiger partial charge in [-0.1, -0.05) is 5.11 Å². The van der Waals surface area contributed by atoms with E-state index in [1.54, 1.807) is 13.8 Å². The molecule has 1 saturated heterocycles. The molecule has 1 fully saturated rings. The standard InChI is InChI=1S/C13H20N5O7P/c1-7(2)25-26(21,22)23-6-10-9(16-17-14)4-11(24-10)18-5-8(3)12(19)15-13(18)20/h5,7,9-11H,4,6H2,1-3H3,(H,21,22)(H,15,19,20)/t9-,10-,11-/m1/s1. The van der Waals surface area contributed by atoms with E-state index in [-0.39, 0.29) is 13.0 Å². The number of nitrogens with zero attached hydrogens (tertiary/aromatic N) is 4. The molecule has 12 nitrogen and oxygen atoms in total. The minimum Gasteiger partial charge on any atom is -0.352 e. The number of aryl methyl sites for hydroxylation is 1. The molecular formula is C13H20N5O7P. The Bertz CT molecular complexity index is 859. The molecule has 0 aliphatic carbocycles. The predicted octanol–water partition coefficient (Wildman–Crippen LogP) is 1.35. The normalized spacial score (nSPS) is 25.0. The lowest BCUT2D eigenvalue weighted by molar-refractivity contribution is -0.0295. The molecule has 2 N–H and O–H groups in total. The summed E-state index contributed by atoms with van der Waals surface area (Å²) in [6.07, 6.45) is -0.762. The highest BCUT2D eigenvalue weighted by molar-refractivity contribution is 7.47. The van der Waals surface area contributed by atoms with Crippen LogP contribution in [0.25, 0.3) is 10.4 Å². The zero-order valence-electron chi connectivity index (χ0n) is 14.4. The van der Waals surface area contributed by atoms with Crippen LogP contribution in [0, 0.1) is 6.92 Å². The van der Waals surface area contributed by atoms with E-state index in [1.165, 1.54) is 17.7 Å². The van der Waals surface area contributed by atoms with E-state index in [2.05, 4.69) is 15.0 Å². The fourth-order valence-corrected chi connectivity index (χ4v) is 3.42. The topological polar surface area (TPSA) is 169 Å². The minimum atomic E-state index is -4.29. The van der Waals surface area contributed by atoms with Gasteiger partial charge in [0.2, 0.25) is 0 Å². The molecule has 2 rings (SSSR count). The third-order valence-electron chi connectivity index (χ3n) is 3.61. The van der Waals surface area contributed by atoms with Gasteiger partial charge < -0.3 is 9.63 Å². The molecule has 0 aromatic carbocycles. The van der Waals surface area contributed by atoms with Crippen molar-refractivity contribution in [3.63, 3.8) is 0 Å². The number of aromatic nitrogens is 2. The first kappa shape index (κ1) is 20.4. The molecule has 0 amide bonds. The Balaban J connectivity index is 2.17. The van der Waals surface area contributed by atoms with Gasteiger partial charge in [0.15, 0.2) is 0 Å². The van der Waals surface area contributed by atoms with Crippen molar-refractivity contribution in [2.24, 2.45) is 5.11 Å². The molecule has 1 aromatic heterocycles. The summed E-state index contributed by atoms with van der Waals surface area (Å²) in [7, 11) is -4.29. The summed E-state index contributed by atoms with van der Waals surface area (Å²) in [5.74, 6) is 0. The Morgan fingerprint density at radius 2 is 2.27 bits per heavy atom. The number of phosphoric ester groups is 1. The molecule has 0 radical (unpaired) electrons. The van der Waals surface area contributed by atoms with Crippen LogP contribution in [0.5, 0.6) is 0 Å². The largest absolute Gasteiger partial charge is 0.472 e. The highest BCUT2D eigenvalue weighted by atomic mass is 31.2. The van der Waals surface area contributed by atoms with E-state index >= 15 is 0 Å². The predicted molar refractivity (Wildman–Crippen MR) is 89.5 cm³/mol. The van der Waals surface area contributed by atoms with Crippen LogP contribution in [0.15, 0.2) is 20.9 Å². The van der Waals surface area contributed by atoms with Crippen molar-refractivity contribution in [2.45, 2.75) is 51.7 Å². The Morgan fingerprint density at radius 3 is 2.88 bits per heavy atom. The monoisotopic (exact) mass is 389 g/mol. The number of rotatable bonds is 7. The average Bonchev–Trinajstić information content (AvgIpc) is 2.91. The molecule has 1 aliphatic rings. The first-order valence-electron chi connectivity index (χ1n) is 7.80. The van der Waals surface area contributed by atoms with Gasteiger partial charge in [-0.2, -0.15) is 0 Å². The van der Waals surface area contributed by atoms with Crippen LogP contribution in [0.1, 0.15) is 32.1 Å². The maximum atomic E-state index is 12.0. The average molecular weight is 389 g/mol. The number of hydrogen-bond acceptors (Lipinski definition) is 7. The lowest BCUT2D eigenvalue weighted by atomic mass is 10.1. The zero-order chi connectivity index (χ0) is 19.5. The first-order chi connectivity index (χ1) is 12.1. The number of azide groups is 1. The minimum absolute atomic E-state index is 0.129. The molecule has 4 atom stereocenters. The summed E-state index contributed by atoms with van der Waals surface area (Å²) >= 11 is 0. The van der Waals surface area contributed by atoms with Gasteiger partial charge in [0.05, 0.1) is 24.9 Å². The summed E-state index contributed by atoms with van der Waals surface area (Å²) in [4.78, 5) is 37.9. The molecule has 1 unspecified atom stereocenters. The van der Waals surface area contributed by atoms with Crippen molar-refractivity contribution in [3.05, 3.63) is 43.0 Å². The highest BCUT2D eigenvalue weighted by Gasteiger charge is 2.38. The molecule has 2 heterocycles. The van der Waals surface area contributed by atoms with Crippen molar-refractivity contribution < 1.29 is 23.2 Å². The van der Waals surface area contributed by atoms with Crippen LogP contribution in [0.3, 0.4) is 0 Å². The number of hydrogen-bond donors (Lipinski definition) is 2. The van der Waals surface area contributed by atoms with Crippen LogP contribution in [-0.4, -0.2) is 39.3 Å². The SMILES string of the molecule is Cc1cn([C@H]2C[C@@H](N=[N+]=[N-])[C@@H](COP(=O)(O)OC(C)C)O2)c(=O)[nH]c1=O. The van der Waals surface area contributed by atoms with E-state index in [4.69, 9.17) is 19.3 Å². The van der Waals surface area contributed by atoms with E-state index in [1.807, 2.05) is 0 Å². The molecular weight excluding hydrogens is 369 g/mol. The van der Waals surface area contributed by atoms with Crippen molar-refractivity contribution in [1.82, 2.24) is 9.55 Å². The summed E-state index contributed by atoms with van der Waals surface area (Å²) in [6.45, 7) is 4.29. The number of phosphoric acid groups is 1. The van der Waals surface area contributed by atoms with E-state index < -0.39 is 43.5 Å². The van der Waals surface area contributed by atoms with Crippen molar-refractivity contribution >= 4 is 7.82 Å². The molecule has 0 bridgehead atoms. The fraction of sp³-hybridized carbons (Fsp3) is 0.692. The van der Waals surface area contributed by atoms with Crippen LogP contribution >= 0.6 is 7.82 Å². The van der Waals surface area contributed by atoms with Crippen molar-refractivity contribution in [2.75, 3.05) is 6.61 Å². The van der Waals surface area contributed by atoms with Gasteiger partial charge in [0.25, 0.3) is 5.56 Å². The van der Waals surface area contributed by atoms with Crippen molar-refractivity contribution in [1.29, 1.82) is 0 Å². The van der Waals surface area contributed by atoms with Gasteiger partial charge in [-0.05, 0) is 26.3 Å². The molecule has 1 aromatic rings. The second-order valence-corrected chi connectivity index (χ2v) is 7.44. The van der Waals surface area contributed by atoms with Crippen LogP contribution in [0.4, 0.5) is 0 Å². The zero-order valence-corrected chi connectivity index (χ0v) is 15.3. The maximum absolute atomic E-state index is 12.0. The van der Waals surface area contributed by atoms with E-state index in [0.29, 0.717) is 5.56 Å². The van der Waals surface area contributed by atoms with Crippen molar-refractivity contribution in [3.8, 4) is 0 Å². The number of nitrogens with one attached hydrogen (secondary N) is 1. The van der Waals surface area contributed by atoms with Gasteiger partial charge in [-0.25, -0.2) is 9.36 Å². The first-order valence-corrected chi connectivity index (χ1v) is 9.30. The summed E-state index contributed by atoms with van der Waals surface area (Å²) in [5, 5.41) is 3.59. The molecule has 144 valence electrons. The quantitative estimate of drug-likeness (QED) is 0.307. The number of aromatic amines is 1. The van der Waals surface area contributed by atoms with Gasteiger partial charge in [-0.15, -0.1) is 0 Å². The van der Waals surface area contributed by atoms with Crippen LogP contribution in [0.2, 0.25) is 0 Å². The maximum Gasteiger partial charge on any atom is 0.472 e. The summed E-state index contributed by atoms with van der Waals surface area (Å²) in [5.41, 5.74) is 7.82. The lowest BCUT2D eigenvalue weighted by Gasteiger charge is -2.19. The van der Waals surface area contributed by atoms with Gasteiger partial charge in [-0.3, -0.25) is 23.4 Å². The second-order valence-electron chi connectivity index (χ2n) is 6.03. The summed E-state index contributed by atoms with van der Waals surface area (Å²) < 4.78 is 28.3. The van der Waals surface area contributed by atoms with Gasteiger partial charge in [0.1, 0.15) is 6.23 Å². The molecule has 26 heavy (non-hydrogen) atoms. The number of H-pyrrole nitrogens is 1. The Hall–Kier alpha value is -1.94. The Kier molecular flexibility index (Phi) is 6.40. The highest BCUT2D eigenvalue weighted by Crippen LogP contribution is 2.45. The van der Waals surface area contributed by atoms with E-state index in [0.717, 1.165) is 0 Å². The molecule has 13 heteroatoms. The van der Waals surface area contributed by atoms with Crippen LogP contribution in [-0.2, 0) is 18.3 Å². The fourth-order valence-electron chi connectivity index (χ4n) is 2.49. The van der Waals surface area contributed by atoms with Crippen LogP contribution < -0.4 is 11.2 Å². The van der Waals surface area contributed by atoms with E-state index in [9.17, 15) is 19.0 Å². The molecule has 1 aliphatic heterocycles. The molecule has 0 spiro atoms. The third-order valence-corrected chi connectivity index (χ3v) is 4.77. The smallest absolute Gasteiger partial charge is 0.352 e. The third kappa shape index (κ3) is 5.04. The Morgan fingerprint density at radius 1 is 1.58 bits per heavy atom. The second kappa shape index (κ2) is 8.17. The van der Waals surface area contributed by atoms with Gasteiger partial charge >= 0.3 is 13.5 Å². The van der Waals surface area contributed by atoms with Gasteiger partial charge in [0, 0.05) is 23.1 Å². The lowest BCUT2D eigenvalue weighted by Crippen LogP contribution is -2.33.